The van der Waals surface area contributed by atoms with Crippen LogP contribution in [-0.2, 0) is 0 Å². The molecule has 0 fully saturated rings. The molecule has 0 aromatic carbocycles. The molecule has 1 N–H and O–H groups in total. The molecule has 0 heterocycles. The van der Waals surface area contributed by atoms with Gasteiger partial charge in [-0.2, -0.15) is 0 Å². The van der Waals surface area contributed by atoms with Crippen molar-refractivity contribution in [3.8, 4) is 0 Å². The average Bonchev–Trinajstić information content (AvgIpc) is 2.15. The van der Waals surface area contributed by atoms with Gasteiger partial charge in [-0.1, -0.05) is 0 Å². The van der Waals surface area contributed by atoms with Gasteiger partial charge in [-0.25, -0.2) is 0 Å². The van der Waals surface area contributed by atoms with Gasteiger partial charge in [-0.3, -0.25) is 0 Å². The van der Waals surface area contributed by atoms with Gasteiger partial charge in [0, 0.05) is 0 Å². The van der Waals surface area contributed by atoms with Crippen LogP contribution in [0.5, 0.6) is 0 Å². The summed E-state index contributed by atoms with van der Waals surface area (Å²) in [6.07, 6.45) is -2.32. The molecular weight excluding hydrogens is 378 g/mol. The van der Waals surface area contributed by atoms with Crippen molar-refractivity contribution in [2.45, 2.75) is 78.0 Å². The van der Waals surface area contributed by atoms with Crippen LogP contribution in [0.4, 0.5) is 0 Å². The van der Waals surface area contributed by atoms with Gasteiger partial charge in [0.15, 0.2) is 0 Å². The standard InChI is InChI=1S/C12H30NP2Se2/c1-9(2)14(16,10(3)4)13-15(17,11(5)6)12(7)8/h9-13,16H,1-8H3/q+2. The summed E-state index contributed by atoms with van der Waals surface area (Å²) < 4.78 is 0. The molecule has 0 aromatic heterocycles. The molecule has 0 spiro atoms. The summed E-state index contributed by atoms with van der Waals surface area (Å²) in [7, 11) is 0. The molecule has 0 rings (SSSR count). The van der Waals surface area contributed by atoms with E-state index >= 15 is 0 Å². The molecule has 1 radical (unpaired) electrons. The summed E-state index contributed by atoms with van der Waals surface area (Å²) >= 11 is 6.60. The van der Waals surface area contributed by atoms with Crippen LogP contribution < -0.4 is 4.86 Å². The van der Waals surface area contributed by atoms with E-state index in [-0.39, 0.29) is 0 Å². The zero-order valence-electron chi connectivity index (χ0n) is 12.6. The Morgan fingerprint density at radius 1 is 0.765 bits per heavy atom. The molecule has 0 bridgehead atoms. The maximum absolute atomic E-state index is 4.14. The minimum absolute atomic E-state index is 0.712. The topological polar surface area (TPSA) is 12.0 Å². The van der Waals surface area contributed by atoms with E-state index in [1.807, 2.05) is 0 Å². The summed E-state index contributed by atoms with van der Waals surface area (Å²) in [6, 6.07) is 0. The minimum atomic E-state index is -1.18. The fourth-order valence-corrected chi connectivity index (χ4v) is 18.0. The molecule has 103 valence electrons. The fourth-order valence-electron chi connectivity index (χ4n) is 1.90. The third-order valence-electron chi connectivity index (χ3n) is 3.43. The Morgan fingerprint density at radius 2 is 1.06 bits per heavy atom. The molecule has 0 atom stereocenters. The van der Waals surface area contributed by atoms with E-state index < -0.39 is 12.2 Å². The SMILES string of the molecule is CC(C)[P+]([Se])(N[P+]([SeH])(C(C)C)C(C)C)C(C)C. The third-order valence-corrected chi connectivity index (χ3v) is 26.5. The first-order valence-corrected chi connectivity index (χ1v) is 15.0. The van der Waals surface area contributed by atoms with Crippen molar-refractivity contribution in [3.63, 3.8) is 0 Å². The zero-order valence-corrected chi connectivity index (χ0v) is 17.9. The van der Waals surface area contributed by atoms with E-state index in [4.69, 9.17) is 0 Å². The van der Waals surface area contributed by atoms with Crippen molar-refractivity contribution >= 4 is 43.3 Å². The summed E-state index contributed by atoms with van der Waals surface area (Å²) in [4.78, 5) is 4.14. The monoisotopic (exact) mass is 410 g/mol. The van der Waals surface area contributed by atoms with Gasteiger partial charge in [0.25, 0.3) is 0 Å². The van der Waals surface area contributed by atoms with Crippen LogP contribution in [0.1, 0.15) is 55.4 Å². The molecular formula is C12H30NP2Se2+2. The van der Waals surface area contributed by atoms with E-state index in [0.717, 1.165) is 11.3 Å². The van der Waals surface area contributed by atoms with Crippen LogP contribution in [0.25, 0.3) is 0 Å². The predicted molar refractivity (Wildman–Crippen MR) is 90.4 cm³/mol. The van der Waals surface area contributed by atoms with Gasteiger partial charge >= 0.3 is 126 Å². The molecule has 17 heavy (non-hydrogen) atoms. The molecule has 0 saturated carbocycles. The molecule has 0 aliphatic carbocycles. The van der Waals surface area contributed by atoms with Crippen molar-refractivity contribution in [2.75, 3.05) is 0 Å². The summed E-state index contributed by atoms with van der Waals surface area (Å²) in [5.74, 6) is 0. The van der Waals surface area contributed by atoms with E-state index in [9.17, 15) is 0 Å². The Hall–Kier alpha value is 1.86. The van der Waals surface area contributed by atoms with E-state index in [2.05, 4.69) is 91.4 Å². The van der Waals surface area contributed by atoms with Gasteiger partial charge in [-0.05, 0) is 0 Å². The molecule has 5 heteroatoms. The van der Waals surface area contributed by atoms with E-state index in [1.165, 1.54) is 0 Å². The van der Waals surface area contributed by atoms with Crippen molar-refractivity contribution in [3.05, 3.63) is 0 Å². The molecule has 0 amide bonds. The second-order valence-corrected chi connectivity index (χ2v) is 21.7. The van der Waals surface area contributed by atoms with Crippen molar-refractivity contribution in [2.24, 2.45) is 0 Å². The van der Waals surface area contributed by atoms with E-state index in [0.29, 0.717) is 11.3 Å². The van der Waals surface area contributed by atoms with Gasteiger partial charge in [-0.15, -0.1) is 0 Å². The Kier molecular flexibility index (Phi) is 7.81. The Bertz CT molecular complexity index is 203. The predicted octanol–water partition coefficient (Wildman–Crippen LogP) is 3.97. The van der Waals surface area contributed by atoms with Gasteiger partial charge < -0.3 is 0 Å². The number of hydrogen-bond donors (Lipinski definition) is 1. The zero-order chi connectivity index (χ0) is 14.0. The molecule has 1 nitrogen and oxygen atoms in total. The first-order valence-electron chi connectivity index (χ1n) is 6.48. The number of rotatable bonds is 6. The van der Waals surface area contributed by atoms with Gasteiger partial charge in [0.1, 0.15) is 0 Å². The fraction of sp³-hybridized carbons (Fsp3) is 1.00. The van der Waals surface area contributed by atoms with Crippen LogP contribution >= 0.6 is 12.2 Å². The second kappa shape index (κ2) is 7.04. The summed E-state index contributed by atoms with van der Waals surface area (Å²) in [5.41, 5.74) is 2.88. The van der Waals surface area contributed by atoms with Gasteiger partial charge in [0.2, 0.25) is 0 Å². The van der Waals surface area contributed by atoms with Crippen molar-refractivity contribution in [1.29, 1.82) is 0 Å². The van der Waals surface area contributed by atoms with Crippen molar-refractivity contribution < 1.29 is 0 Å². The molecule has 0 saturated heterocycles. The summed E-state index contributed by atoms with van der Waals surface area (Å²) in [6.45, 7) is 18.9. The van der Waals surface area contributed by atoms with E-state index in [1.54, 1.807) is 0 Å². The van der Waals surface area contributed by atoms with Gasteiger partial charge in [0.05, 0.1) is 0 Å². The summed E-state index contributed by atoms with van der Waals surface area (Å²) in [5, 5.41) is 0. The number of hydrogen-bond acceptors (Lipinski definition) is 1. The van der Waals surface area contributed by atoms with Crippen molar-refractivity contribution in [1.82, 2.24) is 4.86 Å². The Balaban J connectivity index is 5.22. The number of nitrogens with one attached hydrogen (secondary N) is 1. The molecule has 0 aromatic rings. The van der Waals surface area contributed by atoms with Crippen LogP contribution in [0.2, 0.25) is 0 Å². The van der Waals surface area contributed by atoms with Crippen LogP contribution in [-0.4, -0.2) is 53.8 Å². The molecule has 0 aliphatic rings. The molecule has 0 unspecified atom stereocenters. The van der Waals surface area contributed by atoms with Crippen LogP contribution in [0.3, 0.4) is 0 Å². The van der Waals surface area contributed by atoms with Crippen LogP contribution in [0.15, 0.2) is 0 Å². The van der Waals surface area contributed by atoms with Crippen LogP contribution in [0, 0.1) is 0 Å². The first-order chi connectivity index (χ1) is 7.48. The average molecular weight is 408 g/mol. The molecule has 0 aliphatic heterocycles. The Morgan fingerprint density at radius 3 is 1.24 bits per heavy atom. The third kappa shape index (κ3) is 4.43. The quantitative estimate of drug-likeness (QED) is 0.518. The normalized spacial score (nSPS) is 14.5. The Labute approximate surface area is 126 Å². The second-order valence-electron chi connectivity index (χ2n) is 5.92. The first kappa shape index (κ1) is 18.9. The maximum atomic E-state index is 4.14.